The third-order valence-electron chi connectivity index (χ3n) is 4.00. The van der Waals surface area contributed by atoms with Crippen molar-refractivity contribution in [3.05, 3.63) is 76.9 Å². The van der Waals surface area contributed by atoms with E-state index in [2.05, 4.69) is 15.6 Å². The number of carbonyl (C=O) groups is 2. The maximum atomic E-state index is 12.7. The summed E-state index contributed by atoms with van der Waals surface area (Å²) in [6.07, 6.45) is 1.43. The molecule has 0 saturated heterocycles. The fourth-order valence-electron chi connectivity index (χ4n) is 2.56. The van der Waals surface area contributed by atoms with Gasteiger partial charge < -0.3 is 20.1 Å². The summed E-state index contributed by atoms with van der Waals surface area (Å²) in [5.74, 6) is 0.479. The average Bonchev–Trinajstić information content (AvgIpc) is 2.75. The molecule has 3 rings (SSSR count). The molecule has 2 N–H and O–H groups in total. The van der Waals surface area contributed by atoms with Crippen LogP contribution in [0.25, 0.3) is 0 Å². The first-order valence-electron chi connectivity index (χ1n) is 8.56. The minimum Gasteiger partial charge on any atom is -0.497 e. The lowest BCUT2D eigenvalue weighted by Gasteiger charge is -2.12. The van der Waals surface area contributed by atoms with Crippen LogP contribution in [0, 0.1) is 0 Å². The first kappa shape index (κ1) is 20.2. The van der Waals surface area contributed by atoms with Gasteiger partial charge >= 0.3 is 0 Å². The van der Waals surface area contributed by atoms with Gasteiger partial charge in [-0.3, -0.25) is 9.59 Å². The second-order valence-electron chi connectivity index (χ2n) is 5.92. The number of amides is 2. The van der Waals surface area contributed by atoms with Crippen molar-refractivity contribution >= 4 is 34.9 Å². The topological polar surface area (TPSA) is 89.5 Å². The number of aromatic nitrogens is 1. The number of ether oxygens (including phenoxy) is 2. The molecule has 29 heavy (non-hydrogen) atoms. The van der Waals surface area contributed by atoms with E-state index in [0.717, 1.165) is 0 Å². The van der Waals surface area contributed by atoms with Crippen LogP contribution < -0.4 is 20.1 Å². The normalized spacial score (nSPS) is 10.2. The molecule has 2 amide bonds. The quantitative estimate of drug-likeness (QED) is 0.632. The van der Waals surface area contributed by atoms with Crippen LogP contribution in [0.3, 0.4) is 0 Å². The average molecular weight is 412 g/mol. The van der Waals surface area contributed by atoms with E-state index in [1.807, 2.05) is 0 Å². The van der Waals surface area contributed by atoms with Crippen LogP contribution in [0.15, 0.2) is 60.8 Å². The van der Waals surface area contributed by atoms with Gasteiger partial charge in [0.15, 0.2) is 0 Å². The van der Waals surface area contributed by atoms with E-state index < -0.39 is 11.8 Å². The number of rotatable bonds is 6. The van der Waals surface area contributed by atoms with Crippen molar-refractivity contribution in [2.24, 2.45) is 0 Å². The molecule has 0 saturated carbocycles. The molecule has 3 aromatic rings. The highest BCUT2D eigenvalue weighted by Gasteiger charge is 2.16. The predicted molar refractivity (Wildman–Crippen MR) is 111 cm³/mol. The monoisotopic (exact) mass is 411 g/mol. The minimum absolute atomic E-state index is 0.285. The largest absolute Gasteiger partial charge is 0.497 e. The Bertz CT molecular complexity index is 1020. The van der Waals surface area contributed by atoms with Gasteiger partial charge in [-0.25, -0.2) is 4.98 Å². The molecular weight excluding hydrogens is 394 g/mol. The number of carbonyl (C=O) groups excluding carboxylic acids is 2. The first-order valence-corrected chi connectivity index (χ1v) is 8.94. The van der Waals surface area contributed by atoms with E-state index in [4.69, 9.17) is 21.1 Å². The summed E-state index contributed by atoms with van der Waals surface area (Å²) in [5.41, 5.74) is 0.967. The lowest BCUT2D eigenvalue weighted by molar-refractivity contribution is 0.102. The van der Waals surface area contributed by atoms with E-state index >= 15 is 0 Å². The summed E-state index contributed by atoms with van der Waals surface area (Å²) in [7, 11) is 3.00. The molecule has 8 heteroatoms. The van der Waals surface area contributed by atoms with Crippen LogP contribution >= 0.6 is 11.6 Å². The number of pyridine rings is 1. The second kappa shape index (κ2) is 9.07. The molecule has 0 spiro atoms. The van der Waals surface area contributed by atoms with E-state index in [0.29, 0.717) is 33.6 Å². The molecule has 0 fully saturated rings. The predicted octanol–water partition coefficient (Wildman–Crippen LogP) is 4.26. The van der Waals surface area contributed by atoms with Crippen molar-refractivity contribution in [2.75, 3.05) is 24.9 Å². The molecule has 0 aliphatic heterocycles. The highest BCUT2D eigenvalue weighted by Crippen LogP contribution is 2.24. The summed E-state index contributed by atoms with van der Waals surface area (Å²) in [5, 5.41) is 5.89. The summed E-state index contributed by atoms with van der Waals surface area (Å²) in [4.78, 5) is 29.4. The standard InChI is InChI=1S/C21H18ClN3O4/c1-28-15-9-13(10-16(11-15)29-2)20(26)24-18-6-4-3-5-17(18)21(27)25-19-8-7-14(22)12-23-19/h3-12H,1-2H3,(H,24,26)(H,23,25,27). The van der Waals surface area contributed by atoms with E-state index in [9.17, 15) is 9.59 Å². The Morgan fingerprint density at radius 2 is 1.59 bits per heavy atom. The van der Waals surface area contributed by atoms with Crippen molar-refractivity contribution in [3.8, 4) is 11.5 Å². The number of hydrogen-bond acceptors (Lipinski definition) is 5. The van der Waals surface area contributed by atoms with Crippen LogP contribution in [-0.4, -0.2) is 31.0 Å². The van der Waals surface area contributed by atoms with Crippen LogP contribution in [-0.2, 0) is 0 Å². The fourth-order valence-corrected chi connectivity index (χ4v) is 2.67. The molecule has 7 nitrogen and oxygen atoms in total. The van der Waals surface area contributed by atoms with E-state index in [1.165, 1.54) is 20.4 Å². The highest BCUT2D eigenvalue weighted by molar-refractivity contribution is 6.30. The second-order valence-corrected chi connectivity index (χ2v) is 6.35. The molecule has 0 bridgehead atoms. The maximum Gasteiger partial charge on any atom is 0.258 e. The SMILES string of the molecule is COc1cc(OC)cc(C(=O)Nc2ccccc2C(=O)Nc2ccc(Cl)cn2)c1. The third kappa shape index (κ3) is 5.03. The number of nitrogens with zero attached hydrogens (tertiary/aromatic N) is 1. The van der Waals surface area contributed by atoms with Gasteiger partial charge in [0.05, 0.1) is 30.5 Å². The Kier molecular flexibility index (Phi) is 6.31. The molecule has 0 unspecified atom stereocenters. The molecule has 0 aliphatic rings. The zero-order valence-corrected chi connectivity index (χ0v) is 16.5. The van der Waals surface area contributed by atoms with Gasteiger partial charge in [0, 0.05) is 17.8 Å². The van der Waals surface area contributed by atoms with Crippen molar-refractivity contribution in [2.45, 2.75) is 0 Å². The van der Waals surface area contributed by atoms with Crippen LogP contribution in [0.2, 0.25) is 5.02 Å². The number of hydrogen-bond donors (Lipinski definition) is 2. The summed E-state index contributed by atoms with van der Waals surface area (Å²) >= 11 is 5.81. The first-order chi connectivity index (χ1) is 14.0. The molecule has 0 aliphatic carbocycles. The Morgan fingerprint density at radius 1 is 0.897 bits per heavy atom. The van der Waals surface area contributed by atoms with Crippen molar-refractivity contribution in [3.63, 3.8) is 0 Å². The molecular formula is C21H18ClN3O4. The molecule has 2 aromatic carbocycles. The number of halogens is 1. The molecule has 148 valence electrons. The van der Waals surface area contributed by atoms with Crippen LogP contribution in [0.4, 0.5) is 11.5 Å². The van der Waals surface area contributed by atoms with Crippen LogP contribution in [0.5, 0.6) is 11.5 Å². The number of anilines is 2. The minimum atomic E-state index is -0.418. The highest BCUT2D eigenvalue weighted by atomic mass is 35.5. The van der Waals surface area contributed by atoms with Gasteiger partial charge in [-0.05, 0) is 36.4 Å². The lowest BCUT2D eigenvalue weighted by atomic mass is 10.1. The van der Waals surface area contributed by atoms with E-state index in [1.54, 1.807) is 54.6 Å². The lowest BCUT2D eigenvalue weighted by Crippen LogP contribution is -2.18. The number of benzene rings is 2. The van der Waals surface area contributed by atoms with Crippen LogP contribution in [0.1, 0.15) is 20.7 Å². The van der Waals surface area contributed by atoms with Gasteiger partial charge in [0.1, 0.15) is 17.3 Å². The zero-order valence-electron chi connectivity index (χ0n) is 15.7. The van der Waals surface area contributed by atoms with Crippen molar-refractivity contribution < 1.29 is 19.1 Å². The summed E-state index contributed by atoms with van der Waals surface area (Å²) in [6, 6.07) is 14.7. The van der Waals surface area contributed by atoms with Gasteiger partial charge in [-0.1, -0.05) is 23.7 Å². The summed E-state index contributed by atoms with van der Waals surface area (Å²) in [6.45, 7) is 0. The third-order valence-corrected chi connectivity index (χ3v) is 4.23. The smallest absolute Gasteiger partial charge is 0.258 e. The number of nitrogens with one attached hydrogen (secondary N) is 2. The fraction of sp³-hybridized carbons (Fsp3) is 0.0952. The van der Waals surface area contributed by atoms with Crippen molar-refractivity contribution in [1.29, 1.82) is 0 Å². The zero-order chi connectivity index (χ0) is 20.8. The summed E-state index contributed by atoms with van der Waals surface area (Å²) < 4.78 is 10.4. The van der Waals surface area contributed by atoms with Gasteiger partial charge in [-0.15, -0.1) is 0 Å². The Morgan fingerprint density at radius 3 is 2.21 bits per heavy atom. The Hall–Kier alpha value is -3.58. The Labute approximate surface area is 172 Å². The number of para-hydroxylation sites is 1. The van der Waals surface area contributed by atoms with Crippen molar-refractivity contribution in [1.82, 2.24) is 4.98 Å². The molecule has 0 radical (unpaired) electrons. The van der Waals surface area contributed by atoms with Gasteiger partial charge in [0.25, 0.3) is 11.8 Å². The van der Waals surface area contributed by atoms with E-state index in [-0.39, 0.29) is 5.56 Å². The maximum absolute atomic E-state index is 12.7. The number of methoxy groups -OCH3 is 2. The van der Waals surface area contributed by atoms with Gasteiger partial charge in [0.2, 0.25) is 0 Å². The molecule has 1 aromatic heterocycles. The van der Waals surface area contributed by atoms with Gasteiger partial charge in [-0.2, -0.15) is 0 Å². The Balaban J connectivity index is 1.82. The molecule has 1 heterocycles. The molecule has 0 atom stereocenters.